The molecule has 3 rings (SSSR count). The molecule has 0 bridgehead atoms. The second-order valence-corrected chi connectivity index (χ2v) is 8.75. The van der Waals surface area contributed by atoms with Crippen LogP contribution in [0.25, 0.3) is 0 Å². The minimum atomic E-state index is -4.89. The first kappa shape index (κ1) is 24.1. The third kappa shape index (κ3) is 6.71. The number of hydrogen-bond donors (Lipinski definition) is 2. The molecule has 1 aromatic carbocycles. The van der Waals surface area contributed by atoms with E-state index in [0.717, 1.165) is 32.4 Å². The smallest absolute Gasteiger partial charge is 0.362 e. The third-order valence-electron chi connectivity index (χ3n) is 6.10. The summed E-state index contributed by atoms with van der Waals surface area (Å²) in [6, 6.07) is 1.82. The number of likely N-dealkylation sites (tertiary alicyclic amines) is 1. The quantitative estimate of drug-likeness (QED) is 0.416. The van der Waals surface area contributed by atoms with Crippen molar-refractivity contribution in [1.29, 1.82) is 0 Å². The van der Waals surface area contributed by atoms with Crippen molar-refractivity contribution in [2.45, 2.75) is 63.3 Å². The predicted molar refractivity (Wildman–Crippen MR) is 112 cm³/mol. The number of nitrogens with one attached hydrogen (secondary N) is 2. The van der Waals surface area contributed by atoms with E-state index < -0.39 is 23.5 Å². The maximum atomic E-state index is 13.0. The fourth-order valence-electron chi connectivity index (χ4n) is 4.58. The molecule has 1 aliphatic carbocycles. The Morgan fingerprint density at radius 3 is 2.03 bits per heavy atom. The molecule has 1 aliphatic heterocycles. The predicted octanol–water partition coefficient (Wildman–Crippen LogP) is 6.06. The SMILES string of the molecule is FC(F)(F)c1cc(NC(=S)NC[C@@H]2CCCC[C@H]2N2CCCCC2)cc(C(F)(F)F)c1. The third-order valence-corrected chi connectivity index (χ3v) is 6.35. The Hall–Kier alpha value is -1.55. The number of thiocarbonyl (C=S) groups is 1. The van der Waals surface area contributed by atoms with E-state index in [2.05, 4.69) is 15.5 Å². The Labute approximate surface area is 183 Å². The Bertz CT molecular complexity index is 726. The molecule has 1 heterocycles. The van der Waals surface area contributed by atoms with Crippen molar-refractivity contribution < 1.29 is 26.3 Å². The number of alkyl halides is 6. The highest BCUT2D eigenvalue weighted by molar-refractivity contribution is 7.80. The minimum Gasteiger partial charge on any atom is -0.362 e. The zero-order valence-corrected chi connectivity index (χ0v) is 17.9. The minimum absolute atomic E-state index is 0.0235. The number of piperidine rings is 1. The topological polar surface area (TPSA) is 27.3 Å². The molecule has 1 aromatic rings. The summed E-state index contributed by atoms with van der Waals surface area (Å²) >= 11 is 5.17. The van der Waals surface area contributed by atoms with Crippen LogP contribution in [-0.4, -0.2) is 35.7 Å². The summed E-state index contributed by atoms with van der Waals surface area (Å²) in [7, 11) is 0. The Kier molecular flexibility index (Phi) is 7.72. The van der Waals surface area contributed by atoms with E-state index in [0.29, 0.717) is 30.6 Å². The van der Waals surface area contributed by atoms with Crippen LogP contribution in [0.3, 0.4) is 0 Å². The molecule has 0 amide bonds. The van der Waals surface area contributed by atoms with Gasteiger partial charge in [-0.1, -0.05) is 19.3 Å². The van der Waals surface area contributed by atoms with Crippen molar-refractivity contribution in [2.75, 3.05) is 25.0 Å². The fraction of sp³-hybridized carbons (Fsp3) is 0.667. The summed E-state index contributed by atoms with van der Waals surface area (Å²) in [5.41, 5.74) is -3.08. The molecule has 0 unspecified atom stereocenters. The summed E-state index contributed by atoms with van der Waals surface area (Å²) in [6.07, 6.45) is -1.75. The van der Waals surface area contributed by atoms with Crippen LogP contribution in [0.1, 0.15) is 56.1 Å². The van der Waals surface area contributed by atoms with Gasteiger partial charge in [-0.2, -0.15) is 26.3 Å². The van der Waals surface area contributed by atoms with E-state index in [4.69, 9.17) is 12.2 Å². The highest BCUT2D eigenvalue weighted by Gasteiger charge is 2.37. The van der Waals surface area contributed by atoms with Gasteiger partial charge >= 0.3 is 12.4 Å². The molecule has 2 aliphatic rings. The van der Waals surface area contributed by atoms with Gasteiger partial charge in [-0.3, -0.25) is 0 Å². The summed E-state index contributed by atoms with van der Waals surface area (Å²) < 4.78 is 78.2. The van der Waals surface area contributed by atoms with Crippen molar-refractivity contribution in [3.63, 3.8) is 0 Å². The molecular weight excluding hydrogens is 440 g/mol. The molecular formula is C21H27F6N3S. The van der Waals surface area contributed by atoms with Gasteiger partial charge in [-0.05, 0) is 75.1 Å². The van der Waals surface area contributed by atoms with Crippen LogP contribution < -0.4 is 10.6 Å². The van der Waals surface area contributed by atoms with Crippen LogP contribution in [0.5, 0.6) is 0 Å². The maximum Gasteiger partial charge on any atom is 0.416 e. The number of benzene rings is 1. The number of anilines is 1. The first-order valence-corrected chi connectivity index (χ1v) is 11.0. The second kappa shape index (κ2) is 9.94. The zero-order chi connectivity index (χ0) is 22.6. The molecule has 0 radical (unpaired) electrons. The molecule has 174 valence electrons. The lowest BCUT2D eigenvalue weighted by molar-refractivity contribution is -0.143. The van der Waals surface area contributed by atoms with Gasteiger partial charge in [0.2, 0.25) is 0 Å². The Morgan fingerprint density at radius 1 is 0.871 bits per heavy atom. The van der Waals surface area contributed by atoms with Gasteiger partial charge in [0.1, 0.15) is 0 Å². The average Bonchev–Trinajstić information content (AvgIpc) is 2.71. The summed E-state index contributed by atoms with van der Waals surface area (Å²) in [6.45, 7) is 2.70. The second-order valence-electron chi connectivity index (χ2n) is 8.34. The zero-order valence-electron chi connectivity index (χ0n) is 17.1. The van der Waals surface area contributed by atoms with Crippen molar-refractivity contribution in [1.82, 2.24) is 10.2 Å². The summed E-state index contributed by atoms with van der Waals surface area (Å²) in [5, 5.41) is 5.55. The molecule has 31 heavy (non-hydrogen) atoms. The van der Waals surface area contributed by atoms with E-state index in [-0.39, 0.29) is 16.9 Å². The van der Waals surface area contributed by atoms with Crippen LogP contribution in [0, 0.1) is 5.92 Å². The number of hydrogen-bond acceptors (Lipinski definition) is 2. The van der Waals surface area contributed by atoms with Gasteiger partial charge in [0, 0.05) is 18.3 Å². The standard InChI is InChI=1S/C21H27F6N3S/c22-20(23,24)15-10-16(21(25,26)27)12-17(11-15)29-19(31)28-13-14-6-2-3-7-18(14)30-8-4-1-5-9-30/h10-12,14,18H,1-9,13H2,(H2,28,29,31)/t14-,18+/m0/s1. The number of halogens is 6. The summed E-state index contributed by atoms with van der Waals surface area (Å²) in [4.78, 5) is 2.52. The van der Waals surface area contributed by atoms with E-state index in [1.807, 2.05) is 0 Å². The van der Waals surface area contributed by atoms with Crippen molar-refractivity contribution in [2.24, 2.45) is 5.92 Å². The highest BCUT2D eigenvalue weighted by Crippen LogP contribution is 2.37. The van der Waals surface area contributed by atoms with Gasteiger partial charge in [0.25, 0.3) is 0 Å². The van der Waals surface area contributed by atoms with Gasteiger partial charge in [-0.25, -0.2) is 0 Å². The first-order chi connectivity index (χ1) is 14.5. The van der Waals surface area contributed by atoms with Crippen LogP contribution in [0.4, 0.5) is 32.0 Å². The highest BCUT2D eigenvalue weighted by atomic mass is 32.1. The largest absolute Gasteiger partial charge is 0.416 e. The van der Waals surface area contributed by atoms with Crippen LogP contribution in [0.15, 0.2) is 18.2 Å². The monoisotopic (exact) mass is 467 g/mol. The number of rotatable bonds is 4. The molecule has 1 saturated carbocycles. The van der Waals surface area contributed by atoms with Crippen molar-refractivity contribution >= 4 is 23.0 Å². The molecule has 10 heteroatoms. The van der Waals surface area contributed by atoms with E-state index in [1.54, 1.807) is 0 Å². The lowest BCUT2D eigenvalue weighted by Gasteiger charge is -2.42. The molecule has 2 atom stereocenters. The number of nitrogens with zero attached hydrogens (tertiary/aromatic N) is 1. The normalized spacial score (nSPS) is 23.4. The van der Waals surface area contributed by atoms with E-state index in [9.17, 15) is 26.3 Å². The van der Waals surface area contributed by atoms with Gasteiger partial charge in [0.15, 0.2) is 5.11 Å². The average molecular weight is 468 g/mol. The molecule has 0 spiro atoms. The van der Waals surface area contributed by atoms with Crippen LogP contribution >= 0.6 is 12.2 Å². The van der Waals surface area contributed by atoms with Crippen molar-refractivity contribution in [3.05, 3.63) is 29.3 Å². The van der Waals surface area contributed by atoms with Crippen LogP contribution in [0.2, 0.25) is 0 Å². The maximum absolute atomic E-state index is 13.0. The molecule has 3 nitrogen and oxygen atoms in total. The summed E-state index contributed by atoms with van der Waals surface area (Å²) in [5.74, 6) is 0.346. The molecule has 1 saturated heterocycles. The van der Waals surface area contributed by atoms with Crippen molar-refractivity contribution in [3.8, 4) is 0 Å². The van der Waals surface area contributed by atoms with Gasteiger partial charge < -0.3 is 15.5 Å². The van der Waals surface area contributed by atoms with Gasteiger partial charge in [-0.15, -0.1) is 0 Å². The van der Waals surface area contributed by atoms with E-state index >= 15 is 0 Å². The molecule has 0 aromatic heterocycles. The Morgan fingerprint density at radius 2 is 1.45 bits per heavy atom. The van der Waals surface area contributed by atoms with Gasteiger partial charge in [0.05, 0.1) is 11.1 Å². The lowest BCUT2D eigenvalue weighted by Crippen LogP contribution is -2.48. The van der Waals surface area contributed by atoms with E-state index in [1.165, 1.54) is 25.7 Å². The first-order valence-electron chi connectivity index (χ1n) is 10.6. The lowest BCUT2D eigenvalue weighted by atomic mass is 9.82. The van der Waals surface area contributed by atoms with Crippen LogP contribution in [-0.2, 0) is 12.4 Å². The Balaban J connectivity index is 1.64. The fourth-order valence-corrected chi connectivity index (χ4v) is 4.78. The molecule has 2 N–H and O–H groups in total. The molecule has 2 fully saturated rings.